The molecule has 0 fully saturated rings. The monoisotopic (exact) mass is 770 g/mol. The first-order valence-corrected chi connectivity index (χ1v) is 15.6. The van der Waals surface area contributed by atoms with E-state index < -0.39 is 0 Å². The molecule has 0 aliphatic heterocycles. The zero-order chi connectivity index (χ0) is 29.7. The minimum Gasteiger partial charge on any atom is -1.00 e. The molecule has 5 rings (SSSR count). The van der Waals surface area contributed by atoms with E-state index in [1.54, 1.807) is 17.5 Å². The fourth-order valence-corrected chi connectivity index (χ4v) is 4.50. The van der Waals surface area contributed by atoms with E-state index in [0.717, 1.165) is 17.1 Å². The summed E-state index contributed by atoms with van der Waals surface area (Å²) in [4.78, 5) is 0. The number of fused-ring (bicyclic) bond motifs is 3. The van der Waals surface area contributed by atoms with Crippen molar-refractivity contribution in [3.05, 3.63) is 96.1 Å². The van der Waals surface area contributed by atoms with E-state index in [-0.39, 0.29) is 35.6 Å². The van der Waals surface area contributed by atoms with Gasteiger partial charge in [0, 0.05) is 6.07 Å². The third-order valence-electron chi connectivity index (χ3n) is 6.78. The first-order chi connectivity index (χ1) is 18.7. The third kappa shape index (κ3) is 10.2. The molecule has 0 atom stereocenters. The van der Waals surface area contributed by atoms with Gasteiger partial charge in [-0.1, -0.05) is 94.6 Å². The molecule has 0 aliphatic carbocycles. The predicted molar refractivity (Wildman–Crippen MR) is 171 cm³/mol. The molecular formula is C37H44Cl2HfO2-2. The normalized spacial score (nSPS) is 10.9. The number of rotatable bonds is 3. The van der Waals surface area contributed by atoms with Crippen molar-refractivity contribution in [1.29, 1.82) is 0 Å². The second kappa shape index (κ2) is 16.0. The number of hydrogen-bond donors (Lipinski definition) is 0. The Morgan fingerprint density at radius 1 is 0.667 bits per heavy atom. The van der Waals surface area contributed by atoms with Crippen molar-refractivity contribution in [2.75, 3.05) is 14.2 Å². The molecule has 0 saturated heterocycles. The van der Waals surface area contributed by atoms with E-state index in [1.807, 2.05) is 30.3 Å². The van der Waals surface area contributed by atoms with Crippen LogP contribution in [-0.2, 0) is 34.7 Å². The number of methoxy groups -OCH3 is 2. The smallest absolute Gasteiger partial charge is 1.00 e. The summed E-state index contributed by atoms with van der Waals surface area (Å²) >= 11 is 1.27. The van der Waals surface area contributed by atoms with E-state index in [0.29, 0.717) is 0 Å². The second-order valence-electron chi connectivity index (χ2n) is 12.5. The molecule has 0 saturated carbocycles. The number of benzene rings is 3. The number of ether oxygens (including phenoxy) is 2. The van der Waals surface area contributed by atoms with Gasteiger partial charge in [-0.25, -0.2) is 0 Å². The van der Waals surface area contributed by atoms with Gasteiger partial charge in [-0.15, -0.1) is 51.4 Å². The van der Waals surface area contributed by atoms with Crippen molar-refractivity contribution in [2.45, 2.75) is 66.2 Å². The Morgan fingerprint density at radius 2 is 1.10 bits per heavy atom. The maximum absolute atomic E-state index is 5.22. The van der Waals surface area contributed by atoms with E-state index in [9.17, 15) is 0 Å². The largest absolute Gasteiger partial charge is 1.00 e. The van der Waals surface area contributed by atoms with Gasteiger partial charge < -0.3 is 34.3 Å². The van der Waals surface area contributed by atoms with Crippen molar-refractivity contribution in [1.82, 2.24) is 0 Å². The summed E-state index contributed by atoms with van der Waals surface area (Å²) in [7, 11) is 3.31. The Bertz CT molecular complexity index is 1470. The Balaban J connectivity index is 0.000000371. The van der Waals surface area contributed by atoms with Crippen LogP contribution in [0.5, 0.6) is 11.5 Å². The molecule has 224 valence electrons. The van der Waals surface area contributed by atoms with Crippen molar-refractivity contribution in [2.24, 2.45) is 0 Å². The van der Waals surface area contributed by atoms with Gasteiger partial charge in [0.1, 0.15) is 11.5 Å². The maximum Gasteiger partial charge on any atom is -1.00 e. The molecule has 5 aromatic carbocycles. The van der Waals surface area contributed by atoms with Crippen LogP contribution in [0.4, 0.5) is 0 Å². The van der Waals surface area contributed by atoms with Crippen LogP contribution in [0.15, 0.2) is 84.9 Å². The van der Waals surface area contributed by atoms with Gasteiger partial charge >= 0.3 is 41.0 Å². The summed E-state index contributed by atoms with van der Waals surface area (Å²) in [6.45, 7) is 17.9. The van der Waals surface area contributed by atoms with Crippen LogP contribution in [0.2, 0.25) is 0 Å². The first kappa shape index (κ1) is 37.8. The molecule has 5 heteroatoms. The average Bonchev–Trinajstić information content (AvgIpc) is 3.55. The standard InChI is InChI=1S/C21H25.C13H13O2.C3H6.2ClH.Hf/c1-20(2,3)16-7-9-18-14(12-16)11-15-13-17(21(4,5)6)8-10-19(15)18;1-14-12-7-11(8-13(9-12)15-2)10-5-3-4-6-10;1-3-2;;;/h7-13H,1-6H3;3-9H,1-2H3;1-2H3;2*1H;/q2*-1;;;;+2/p-2. The zero-order valence-electron chi connectivity index (χ0n) is 26.7. The molecule has 0 radical (unpaired) electrons. The van der Waals surface area contributed by atoms with E-state index >= 15 is 0 Å². The molecule has 0 amide bonds. The van der Waals surface area contributed by atoms with E-state index in [1.165, 1.54) is 62.1 Å². The molecule has 0 N–H and O–H groups in total. The summed E-state index contributed by atoms with van der Waals surface area (Å²) in [5, 5.41) is 5.48. The third-order valence-corrected chi connectivity index (χ3v) is 6.78. The van der Waals surface area contributed by atoms with Crippen molar-refractivity contribution >= 4 is 24.8 Å². The van der Waals surface area contributed by atoms with Gasteiger partial charge in [-0.2, -0.15) is 18.2 Å². The van der Waals surface area contributed by atoms with Crippen LogP contribution in [0.25, 0.3) is 32.7 Å². The Kier molecular flexibility index (Phi) is 14.4. The Labute approximate surface area is 280 Å². The summed E-state index contributed by atoms with van der Waals surface area (Å²) in [6.07, 6.45) is 0. The van der Waals surface area contributed by atoms with Gasteiger partial charge in [0.05, 0.1) is 14.2 Å². The Hall–Kier alpha value is -2.20. The van der Waals surface area contributed by atoms with Crippen molar-refractivity contribution in [3.8, 4) is 22.6 Å². The summed E-state index contributed by atoms with van der Waals surface area (Å²) in [5.74, 6) is 1.62. The quantitative estimate of drug-likeness (QED) is 0.203. The van der Waals surface area contributed by atoms with Gasteiger partial charge in [0.15, 0.2) is 0 Å². The van der Waals surface area contributed by atoms with Gasteiger partial charge in [-0.3, -0.25) is 0 Å². The summed E-state index contributed by atoms with van der Waals surface area (Å²) in [5.41, 5.74) is 5.49. The van der Waals surface area contributed by atoms with Crippen molar-refractivity contribution < 1.29 is 58.2 Å². The molecule has 42 heavy (non-hydrogen) atoms. The predicted octanol–water partition coefficient (Wildman–Crippen LogP) is 4.15. The molecule has 0 aromatic heterocycles. The molecule has 0 unspecified atom stereocenters. The first-order valence-electron chi connectivity index (χ1n) is 13.8. The molecule has 0 heterocycles. The summed E-state index contributed by atoms with van der Waals surface area (Å²) < 4.78 is 12.0. The molecule has 0 bridgehead atoms. The minimum absolute atomic E-state index is 0. The second-order valence-corrected chi connectivity index (χ2v) is 16.1. The van der Waals surface area contributed by atoms with Gasteiger partial charge in [-0.05, 0) is 10.8 Å². The van der Waals surface area contributed by atoms with Crippen LogP contribution in [-0.4, -0.2) is 17.5 Å². The topological polar surface area (TPSA) is 18.5 Å². The van der Waals surface area contributed by atoms with Crippen LogP contribution in [0.3, 0.4) is 0 Å². The maximum atomic E-state index is 5.22. The molecular weight excluding hydrogens is 726 g/mol. The molecule has 2 nitrogen and oxygen atoms in total. The molecule has 0 aliphatic rings. The zero-order valence-corrected chi connectivity index (χ0v) is 31.8. The van der Waals surface area contributed by atoms with Crippen LogP contribution < -0.4 is 34.3 Å². The van der Waals surface area contributed by atoms with Crippen LogP contribution in [0, 0.1) is 0 Å². The van der Waals surface area contributed by atoms with Gasteiger partial charge in [0.25, 0.3) is 0 Å². The summed E-state index contributed by atoms with van der Waals surface area (Å²) in [6, 6.07) is 30.2. The fraction of sp³-hybridized carbons (Fsp3) is 0.324. The molecule has 5 aromatic rings. The fourth-order valence-electron chi connectivity index (χ4n) is 4.50. The SMILES string of the molecule is CC(C)(C)c1ccc2c(c1)[cH-]c1cc(C(C)(C)C)ccc12.COc1cc(OC)cc(-c2ccc[cH-]2)c1.C[C](C)=[Hf+2].[Cl-].[Cl-]. The van der Waals surface area contributed by atoms with Crippen LogP contribution in [0.1, 0.15) is 66.5 Å². The van der Waals surface area contributed by atoms with E-state index in [2.05, 4.69) is 110 Å². The molecule has 0 spiro atoms. The van der Waals surface area contributed by atoms with Crippen molar-refractivity contribution in [3.63, 3.8) is 0 Å². The van der Waals surface area contributed by atoms with Crippen LogP contribution >= 0.6 is 0 Å². The minimum atomic E-state index is 0. The van der Waals surface area contributed by atoms with E-state index in [4.69, 9.17) is 9.47 Å². The average molecular weight is 770 g/mol. The number of hydrogen-bond acceptors (Lipinski definition) is 2. The van der Waals surface area contributed by atoms with Gasteiger partial charge in [0.2, 0.25) is 0 Å². The Morgan fingerprint density at radius 3 is 1.43 bits per heavy atom. The number of halogens is 2.